The Balaban J connectivity index is 1.67. The number of nitrogens with one attached hydrogen (secondary N) is 3. The van der Waals surface area contributed by atoms with Crippen LogP contribution in [0.4, 0.5) is 4.39 Å². The summed E-state index contributed by atoms with van der Waals surface area (Å²) in [4.78, 5) is 25.4. The van der Waals surface area contributed by atoms with E-state index in [2.05, 4.69) is 20.8 Å². The van der Waals surface area contributed by atoms with Crippen LogP contribution in [0.5, 0.6) is 0 Å². The number of aromatic amines is 1. The molecular weight excluding hydrogens is 395 g/mol. The summed E-state index contributed by atoms with van der Waals surface area (Å²) in [6.45, 7) is 0.544. The summed E-state index contributed by atoms with van der Waals surface area (Å²) < 4.78 is 14.2. The standard InChI is InChI=1S/C21H18ClFN4O2/c22-13-5-3-4-12(10-13)18(15-8-9-24-20(15)28)26-21(29)16-11-25-27-19(16)14-6-1-2-7-17(14)23/h1-7,10-11,15,18H,8-9H2,(H,24,28)(H,25,27)(H,26,29)/t15-,18+/m0/s1. The fraction of sp³-hybridized carbons (Fsp3) is 0.190. The molecule has 1 aliphatic rings. The first-order valence-electron chi connectivity index (χ1n) is 9.17. The van der Waals surface area contributed by atoms with E-state index < -0.39 is 23.7 Å². The second-order valence-corrected chi connectivity index (χ2v) is 7.27. The minimum atomic E-state index is -0.577. The van der Waals surface area contributed by atoms with Gasteiger partial charge < -0.3 is 10.6 Å². The molecule has 2 amide bonds. The van der Waals surface area contributed by atoms with Gasteiger partial charge in [0.15, 0.2) is 0 Å². The molecule has 2 atom stereocenters. The summed E-state index contributed by atoms with van der Waals surface area (Å²) in [6, 6.07) is 12.6. The number of hydrogen-bond donors (Lipinski definition) is 3. The Bertz CT molecular complexity index is 1070. The monoisotopic (exact) mass is 412 g/mol. The van der Waals surface area contributed by atoms with E-state index in [1.165, 1.54) is 12.3 Å². The number of rotatable bonds is 5. The number of carbonyl (C=O) groups excluding carboxylic acids is 2. The van der Waals surface area contributed by atoms with Gasteiger partial charge in [-0.25, -0.2) is 4.39 Å². The van der Waals surface area contributed by atoms with Crippen LogP contribution < -0.4 is 10.6 Å². The van der Waals surface area contributed by atoms with Crippen molar-refractivity contribution in [3.8, 4) is 11.3 Å². The van der Waals surface area contributed by atoms with E-state index >= 15 is 0 Å². The van der Waals surface area contributed by atoms with Crippen molar-refractivity contribution in [1.29, 1.82) is 0 Å². The number of aromatic nitrogens is 2. The number of nitrogens with zero attached hydrogens (tertiary/aromatic N) is 1. The van der Waals surface area contributed by atoms with Crippen molar-refractivity contribution in [3.63, 3.8) is 0 Å². The molecule has 8 heteroatoms. The van der Waals surface area contributed by atoms with Crippen molar-refractivity contribution in [2.24, 2.45) is 5.92 Å². The van der Waals surface area contributed by atoms with E-state index in [-0.39, 0.29) is 22.7 Å². The molecule has 2 heterocycles. The summed E-state index contributed by atoms with van der Waals surface area (Å²) in [5.74, 6) is -1.48. The average molecular weight is 413 g/mol. The van der Waals surface area contributed by atoms with Crippen LogP contribution in [0.1, 0.15) is 28.4 Å². The topological polar surface area (TPSA) is 86.9 Å². The molecular formula is C21H18ClFN4O2. The third kappa shape index (κ3) is 3.86. The van der Waals surface area contributed by atoms with Crippen molar-refractivity contribution in [2.45, 2.75) is 12.5 Å². The molecule has 0 bridgehead atoms. The maximum absolute atomic E-state index is 14.2. The van der Waals surface area contributed by atoms with Crippen molar-refractivity contribution < 1.29 is 14.0 Å². The first-order chi connectivity index (χ1) is 14.0. The molecule has 148 valence electrons. The van der Waals surface area contributed by atoms with E-state index in [0.717, 1.165) is 5.56 Å². The van der Waals surface area contributed by atoms with Crippen molar-refractivity contribution in [1.82, 2.24) is 20.8 Å². The molecule has 1 fully saturated rings. The zero-order chi connectivity index (χ0) is 20.4. The smallest absolute Gasteiger partial charge is 0.255 e. The highest BCUT2D eigenvalue weighted by Crippen LogP contribution is 2.31. The molecule has 3 N–H and O–H groups in total. The van der Waals surface area contributed by atoms with Crippen LogP contribution in [0.2, 0.25) is 5.02 Å². The Hall–Kier alpha value is -3.19. The van der Waals surface area contributed by atoms with Crippen LogP contribution in [0.15, 0.2) is 54.7 Å². The van der Waals surface area contributed by atoms with E-state index in [1.807, 2.05) is 6.07 Å². The summed E-state index contributed by atoms with van der Waals surface area (Å²) in [6.07, 6.45) is 1.93. The van der Waals surface area contributed by atoms with Gasteiger partial charge in [0, 0.05) is 17.1 Å². The minimum absolute atomic E-state index is 0.128. The lowest BCUT2D eigenvalue weighted by Gasteiger charge is -2.24. The molecule has 1 aromatic heterocycles. The van der Waals surface area contributed by atoms with E-state index in [1.54, 1.807) is 36.4 Å². The summed E-state index contributed by atoms with van der Waals surface area (Å²) in [5, 5.41) is 12.8. The van der Waals surface area contributed by atoms with Crippen LogP contribution in [0.25, 0.3) is 11.3 Å². The molecule has 3 aromatic rings. The van der Waals surface area contributed by atoms with Gasteiger partial charge in [-0.05, 0) is 36.2 Å². The summed E-state index contributed by atoms with van der Waals surface area (Å²) in [5.41, 5.74) is 1.44. The van der Waals surface area contributed by atoms with Gasteiger partial charge in [0.05, 0.1) is 29.4 Å². The normalized spacial score (nSPS) is 17.0. The molecule has 0 aliphatic carbocycles. The van der Waals surface area contributed by atoms with Gasteiger partial charge >= 0.3 is 0 Å². The molecule has 6 nitrogen and oxygen atoms in total. The quantitative estimate of drug-likeness (QED) is 0.599. The van der Waals surface area contributed by atoms with Crippen molar-refractivity contribution >= 4 is 23.4 Å². The van der Waals surface area contributed by atoms with Gasteiger partial charge in [-0.1, -0.05) is 35.9 Å². The molecule has 29 heavy (non-hydrogen) atoms. The van der Waals surface area contributed by atoms with Gasteiger partial charge in [-0.2, -0.15) is 5.10 Å². The number of benzene rings is 2. The van der Waals surface area contributed by atoms with Crippen LogP contribution >= 0.6 is 11.6 Å². The molecule has 2 aromatic carbocycles. The van der Waals surface area contributed by atoms with Gasteiger partial charge in [0.2, 0.25) is 5.91 Å². The molecule has 1 saturated heterocycles. The Morgan fingerprint density at radius 2 is 2.07 bits per heavy atom. The molecule has 0 spiro atoms. The fourth-order valence-corrected chi connectivity index (χ4v) is 3.79. The third-order valence-corrected chi connectivity index (χ3v) is 5.25. The van der Waals surface area contributed by atoms with Gasteiger partial charge in [-0.3, -0.25) is 14.7 Å². The number of halogens is 2. The van der Waals surface area contributed by atoms with Crippen molar-refractivity contribution in [2.75, 3.05) is 6.54 Å². The molecule has 0 unspecified atom stereocenters. The second kappa shape index (κ2) is 8.05. The number of hydrogen-bond acceptors (Lipinski definition) is 3. The first-order valence-corrected chi connectivity index (χ1v) is 9.54. The molecule has 0 saturated carbocycles. The van der Waals surface area contributed by atoms with Crippen LogP contribution in [0.3, 0.4) is 0 Å². The number of amides is 2. The SMILES string of the molecule is O=C(N[C@H](c1cccc(Cl)c1)[C@@H]1CCNC1=O)c1cn[nH]c1-c1ccccc1F. The Kier molecular flexibility index (Phi) is 5.31. The molecule has 1 aliphatic heterocycles. The Morgan fingerprint density at radius 1 is 1.24 bits per heavy atom. The van der Waals surface area contributed by atoms with Crippen LogP contribution in [0, 0.1) is 11.7 Å². The zero-order valence-corrected chi connectivity index (χ0v) is 16.0. The maximum Gasteiger partial charge on any atom is 0.255 e. The van der Waals surface area contributed by atoms with Crippen LogP contribution in [-0.4, -0.2) is 28.6 Å². The fourth-order valence-electron chi connectivity index (χ4n) is 3.59. The lowest BCUT2D eigenvalue weighted by atomic mass is 9.91. The van der Waals surface area contributed by atoms with Gasteiger partial charge in [0.1, 0.15) is 5.82 Å². The average Bonchev–Trinajstić information content (AvgIpc) is 3.35. The van der Waals surface area contributed by atoms with Gasteiger partial charge in [0.25, 0.3) is 5.91 Å². The molecule has 0 radical (unpaired) electrons. The largest absolute Gasteiger partial charge is 0.356 e. The summed E-state index contributed by atoms with van der Waals surface area (Å²) in [7, 11) is 0. The van der Waals surface area contributed by atoms with Crippen LogP contribution in [-0.2, 0) is 4.79 Å². The number of H-pyrrole nitrogens is 1. The van der Waals surface area contributed by atoms with E-state index in [4.69, 9.17) is 11.6 Å². The third-order valence-electron chi connectivity index (χ3n) is 5.02. The summed E-state index contributed by atoms with van der Waals surface area (Å²) >= 11 is 6.12. The highest BCUT2D eigenvalue weighted by molar-refractivity contribution is 6.30. The lowest BCUT2D eigenvalue weighted by Crippen LogP contribution is -2.36. The number of carbonyl (C=O) groups is 2. The highest BCUT2D eigenvalue weighted by Gasteiger charge is 2.35. The molecule has 4 rings (SSSR count). The highest BCUT2D eigenvalue weighted by atomic mass is 35.5. The van der Waals surface area contributed by atoms with Gasteiger partial charge in [-0.15, -0.1) is 0 Å². The lowest BCUT2D eigenvalue weighted by molar-refractivity contribution is -0.123. The van der Waals surface area contributed by atoms with E-state index in [0.29, 0.717) is 18.0 Å². The Morgan fingerprint density at radius 3 is 2.79 bits per heavy atom. The van der Waals surface area contributed by atoms with E-state index in [9.17, 15) is 14.0 Å². The first kappa shape index (κ1) is 19.1. The second-order valence-electron chi connectivity index (χ2n) is 6.83. The maximum atomic E-state index is 14.2. The zero-order valence-electron chi connectivity index (χ0n) is 15.3. The van der Waals surface area contributed by atoms with Crippen molar-refractivity contribution in [3.05, 3.63) is 76.7 Å². The predicted octanol–water partition coefficient (Wildman–Crippen LogP) is 3.48. The minimum Gasteiger partial charge on any atom is -0.356 e. The predicted molar refractivity (Wildman–Crippen MR) is 107 cm³/mol. The Labute approximate surface area is 171 Å².